The van der Waals surface area contributed by atoms with Crippen LogP contribution in [0.2, 0.25) is 0 Å². The fraction of sp³-hybridized carbons (Fsp3) is 0.200. The van der Waals surface area contributed by atoms with Crippen LogP contribution in [0.5, 0.6) is 11.5 Å². The van der Waals surface area contributed by atoms with Gasteiger partial charge in [-0.05, 0) is 49.1 Å². The van der Waals surface area contributed by atoms with E-state index in [9.17, 15) is 5.26 Å². The zero-order chi connectivity index (χ0) is 18.4. The third-order valence-corrected chi connectivity index (χ3v) is 5.34. The Balaban J connectivity index is 1.85. The lowest BCUT2D eigenvalue weighted by Crippen LogP contribution is -1.99. The number of allylic oxidation sites excluding steroid dienone is 1. The van der Waals surface area contributed by atoms with Crippen molar-refractivity contribution >= 4 is 34.3 Å². The molecule has 0 spiro atoms. The minimum absolute atomic E-state index is 0.509. The van der Waals surface area contributed by atoms with E-state index in [0.29, 0.717) is 30.3 Å². The van der Waals surface area contributed by atoms with Gasteiger partial charge in [0, 0.05) is 16.0 Å². The maximum absolute atomic E-state index is 9.46. The number of hydrogen-bond donors (Lipinski definition) is 0. The summed E-state index contributed by atoms with van der Waals surface area (Å²) in [6.45, 7) is 4.90. The normalized spacial score (nSPS) is 11.2. The number of rotatable bonds is 7. The van der Waals surface area contributed by atoms with Crippen molar-refractivity contribution in [2.24, 2.45) is 0 Å². The molecule has 4 nitrogen and oxygen atoms in total. The van der Waals surface area contributed by atoms with E-state index < -0.39 is 0 Å². The van der Waals surface area contributed by atoms with Gasteiger partial charge in [-0.15, -0.1) is 22.7 Å². The lowest BCUT2D eigenvalue weighted by Gasteiger charge is -2.12. The molecular weight excluding hydrogens is 364 g/mol. The van der Waals surface area contributed by atoms with E-state index in [0.717, 1.165) is 21.1 Å². The third kappa shape index (κ3) is 4.51. The molecule has 0 amide bonds. The Morgan fingerprint density at radius 3 is 2.77 bits per heavy atom. The Kier molecular flexibility index (Phi) is 6.05. The van der Waals surface area contributed by atoms with E-state index in [1.54, 1.807) is 11.3 Å². The standard InChI is InChI=1S/C20H18N2O2S2/c1-3-23-19-10-15(9-16(11-21)20-22-14(2)13-26-20)6-7-18(19)24-12-17-5-4-8-25-17/h4-10,13H,3,12H2,1-2H3/b16-9+. The fourth-order valence-electron chi connectivity index (χ4n) is 2.33. The number of aromatic nitrogens is 1. The number of ether oxygens (including phenoxy) is 2. The Labute approximate surface area is 161 Å². The highest BCUT2D eigenvalue weighted by Crippen LogP contribution is 2.31. The van der Waals surface area contributed by atoms with E-state index in [1.165, 1.54) is 11.3 Å². The molecule has 0 radical (unpaired) electrons. The monoisotopic (exact) mass is 382 g/mol. The van der Waals surface area contributed by atoms with E-state index in [1.807, 2.05) is 61.0 Å². The summed E-state index contributed by atoms with van der Waals surface area (Å²) in [5, 5.41) is 14.1. The van der Waals surface area contributed by atoms with Crippen molar-refractivity contribution in [2.75, 3.05) is 6.61 Å². The van der Waals surface area contributed by atoms with Crippen LogP contribution in [0.4, 0.5) is 0 Å². The molecule has 6 heteroatoms. The first-order valence-electron chi connectivity index (χ1n) is 8.16. The Bertz CT molecular complexity index is 937. The van der Waals surface area contributed by atoms with Gasteiger partial charge in [0.15, 0.2) is 11.5 Å². The van der Waals surface area contributed by atoms with Gasteiger partial charge in [0.05, 0.1) is 12.2 Å². The van der Waals surface area contributed by atoms with Crippen LogP contribution in [0.1, 0.15) is 28.1 Å². The molecule has 3 rings (SSSR count). The van der Waals surface area contributed by atoms with E-state index in [-0.39, 0.29) is 0 Å². The van der Waals surface area contributed by atoms with Crippen molar-refractivity contribution in [2.45, 2.75) is 20.5 Å². The number of aryl methyl sites for hydroxylation is 1. The quantitative estimate of drug-likeness (QED) is 0.502. The third-order valence-electron chi connectivity index (χ3n) is 3.50. The summed E-state index contributed by atoms with van der Waals surface area (Å²) in [5.41, 5.74) is 2.33. The van der Waals surface area contributed by atoms with Gasteiger partial charge in [0.2, 0.25) is 0 Å². The molecule has 0 aliphatic rings. The Hall–Kier alpha value is -2.62. The molecule has 0 saturated heterocycles. The summed E-state index contributed by atoms with van der Waals surface area (Å²) < 4.78 is 11.6. The van der Waals surface area contributed by atoms with Gasteiger partial charge in [0.25, 0.3) is 0 Å². The molecule has 0 aliphatic heterocycles. The molecule has 0 aliphatic carbocycles. The van der Waals surface area contributed by atoms with Crippen LogP contribution in [0.25, 0.3) is 11.6 Å². The van der Waals surface area contributed by atoms with Gasteiger partial charge >= 0.3 is 0 Å². The zero-order valence-electron chi connectivity index (χ0n) is 14.6. The Morgan fingerprint density at radius 2 is 2.12 bits per heavy atom. The second-order valence-corrected chi connectivity index (χ2v) is 7.36. The average Bonchev–Trinajstić information content (AvgIpc) is 3.31. The van der Waals surface area contributed by atoms with Crippen molar-refractivity contribution in [3.05, 3.63) is 62.2 Å². The Morgan fingerprint density at radius 1 is 1.23 bits per heavy atom. The first-order valence-corrected chi connectivity index (χ1v) is 9.92. The molecule has 0 bridgehead atoms. The van der Waals surface area contributed by atoms with Crippen LogP contribution in [0.3, 0.4) is 0 Å². The van der Waals surface area contributed by atoms with Crippen LogP contribution in [0, 0.1) is 18.3 Å². The van der Waals surface area contributed by atoms with Crippen molar-refractivity contribution < 1.29 is 9.47 Å². The highest BCUT2D eigenvalue weighted by atomic mass is 32.1. The number of thiophene rings is 1. The van der Waals surface area contributed by atoms with Crippen LogP contribution in [-0.2, 0) is 6.61 Å². The molecule has 0 fully saturated rings. The smallest absolute Gasteiger partial charge is 0.161 e. The van der Waals surface area contributed by atoms with E-state index in [4.69, 9.17) is 9.47 Å². The maximum Gasteiger partial charge on any atom is 0.161 e. The lowest BCUT2D eigenvalue weighted by molar-refractivity contribution is 0.271. The molecular formula is C20H18N2O2S2. The number of nitriles is 1. The number of benzene rings is 1. The molecule has 0 N–H and O–H groups in total. The second kappa shape index (κ2) is 8.65. The van der Waals surface area contributed by atoms with E-state index in [2.05, 4.69) is 11.1 Å². The van der Waals surface area contributed by atoms with Crippen LogP contribution >= 0.6 is 22.7 Å². The summed E-state index contributed by atoms with van der Waals surface area (Å²) >= 11 is 3.13. The minimum atomic E-state index is 0.509. The number of nitrogens with zero attached hydrogens (tertiary/aromatic N) is 2. The number of hydrogen-bond acceptors (Lipinski definition) is 6. The summed E-state index contributed by atoms with van der Waals surface area (Å²) in [5.74, 6) is 1.37. The summed E-state index contributed by atoms with van der Waals surface area (Å²) in [4.78, 5) is 5.54. The van der Waals surface area contributed by atoms with Crippen molar-refractivity contribution in [3.8, 4) is 17.6 Å². The van der Waals surface area contributed by atoms with E-state index >= 15 is 0 Å². The molecule has 26 heavy (non-hydrogen) atoms. The lowest BCUT2D eigenvalue weighted by atomic mass is 10.1. The highest BCUT2D eigenvalue weighted by molar-refractivity contribution is 7.11. The van der Waals surface area contributed by atoms with Crippen LogP contribution in [0.15, 0.2) is 41.1 Å². The van der Waals surface area contributed by atoms with Gasteiger partial charge in [-0.3, -0.25) is 0 Å². The van der Waals surface area contributed by atoms with Gasteiger partial charge in [-0.1, -0.05) is 12.1 Å². The molecule has 132 valence electrons. The summed E-state index contributed by atoms with van der Waals surface area (Å²) in [6.07, 6.45) is 1.82. The predicted molar refractivity (Wildman–Crippen MR) is 107 cm³/mol. The molecule has 1 aromatic carbocycles. The van der Waals surface area contributed by atoms with Gasteiger partial charge in [-0.2, -0.15) is 5.26 Å². The molecule has 0 atom stereocenters. The van der Waals surface area contributed by atoms with Gasteiger partial charge < -0.3 is 9.47 Å². The van der Waals surface area contributed by atoms with Crippen LogP contribution < -0.4 is 9.47 Å². The SMILES string of the molecule is CCOc1cc(/C=C(\C#N)c2nc(C)cs2)ccc1OCc1cccs1. The molecule has 0 saturated carbocycles. The molecule has 3 aromatic rings. The topological polar surface area (TPSA) is 55.1 Å². The predicted octanol–water partition coefficient (Wildman–Crippen LogP) is 5.55. The number of thiazole rings is 1. The van der Waals surface area contributed by atoms with Crippen molar-refractivity contribution in [1.29, 1.82) is 5.26 Å². The summed E-state index contributed by atoms with van der Waals surface area (Å²) in [6, 6.07) is 12.0. The minimum Gasteiger partial charge on any atom is -0.490 e. The zero-order valence-corrected chi connectivity index (χ0v) is 16.2. The maximum atomic E-state index is 9.46. The van der Waals surface area contributed by atoms with Gasteiger partial charge in [0.1, 0.15) is 17.7 Å². The average molecular weight is 383 g/mol. The van der Waals surface area contributed by atoms with Crippen molar-refractivity contribution in [1.82, 2.24) is 4.98 Å². The molecule has 2 aromatic heterocycles. The first kappa shape index (κ1) is 18.2. The van der Waals surface area contributed by atoms with Crippen molar-refractivity contribution in [3.63, 3.8) is 0 Å². The largest absolute Gasteiger partial charge is 0.490 e. The highest BCUT2D eigenvalue weighted by Gasteiger charge is 2.09. The first-order chi connectivity index (χ1) is 12.7. The molecule has 0 unspecified atom stereocenters. The van der Waals surface area contributed by atoms with Crippen LogP contribution in [-0.4, -0.2) is 11.6 Å². The molecule has 2 heterocycles. The second-order valence-electron chi connectivity index (χ2n) is 5.47. The fourth-order valence-corrected chi connectivity index (χ4v) is 3.71. The van der Waals surface area contributed by atoms with Gasteiger partial charge in [-0.25, -0.2) is 4.98 Å². The summed E-state index contributed by atoms with van der Waals surface area (Å²) in [7, 11) is 0.